The first kappa shape index (κ1) is 12.1. The third-order valence-electron chi connectivity index (χ3n) is 2.60. The fraction of sp³-hybridized carbons (Fsp3) is 0.500. The van der Waals surface area contributed by atoms with Crippen LogP contribution in [0.2, 0.25) is 0 Å². The zero-order valence-corrected chi connectivity index (χ0v) is 10.8. The molecule has 0 saturated carbocycles. The summed E-state index contributed by atoms with van der Waals surface area (Å²) in [5, 5.41) is 9.01. The Morgan fingerprint density at radius 2 is 2.24 bits per heavy atom. The van der Waals surface area contributed by atoms with Crippen LogP contribution in [0, 0.1) is 0 Å². The molecule has 0 amide bonds. The number of nitrogens with zero attached hydrogens (tertiary/aromatic N) is 5. The lowest BCUT2D eigenvalue weighted by Crippen LogP contribution is -2.05. The number of hydrogen-bond acceptors (Lipinski definition) is 5. The van der Waals surface area contributed by atoms with E-state index in [2.05, 4.69) is 26.7 Å². The van der Waals surface area contributed by atoms with E-state index in [4.69, 9.17) is 5.73 Å². The number of aryl methyl sites for hydroxylation is 1. The van der Waals surface area contributed by atoms with Crippen LogP contribution in [-0.4, -0.2) is 24.3 Å². The summed E-state index contributed by atoms with van der Waals surface area (Å²) in [5.74, 6) is 1.64. The predicted molar refractivity (Wildman–Crippen MR) is 66.4 cm³/mol. The Kier molecular flexibility index (Phi) is 3.80. The number of rotatable bonds is 5. The Morgan fingerprint density at radius 1 is 1.41 bits per heavy atom. The molecule has 0 unspecified atom stereocenters. The molecule has 0 aliphatic heterocycles. The fourth-order valence-corrected chi connectivity index (χ4v) is 2.46. The average molecular weight is 252 g/mol. The van der Waals surface area contributed by atoms with Crippen molar-refractivity contribution in [3.63, 3.8) is 0 Å². The third-order valence-corrected chi connectivity index (χ3v) is 3.65. The Bertz CT molecular complexity index is 489. The summed E-state index contributed by atoms with van der Waals surface area (Å²) >= 11 is 1.64. The van der Waals surface area contributed by atoms with E-state index in [9.17, 15) is 0 Å². The van der Waals surface area contributed by atoms with E-state index in [-0.39, 0.29) is 0 Å². The van der Waals surface area contributed by atoms with Crippen molar-refractivity contribution < 1.29 is 0 Å². The van der Waals surface area contributed by atoms with Gasteiger partial charge in [-0.15, -0.1) is 10.2 Å². The summed E-state index contributed by atoms with van der Waals surface area (Å²) < 4.78 is 4.05. The van der Waals surface area contributed by atoms with Gasteiger partial charge < -0.3 is 14.9 Å². The molecule has 6 nitrogen and oxygen atoms in total. The van der Waals surface area contributed by atoms with Crippen molar-refractivity contribution in [1.29, 1.82) is 0 Å². The number of thioether (sulfide) groups is 1. The molecule has 0 fully saturated rings. The molecule has 2 N–H and O–H groups in total. The molecule has 2 aromatic rings. The van der Waals surface area contributed by atoms with Crippen LogP contribution < -0.4 is 5.73 Å². The third kappa shape index (κ3) is 2.50. The molecule has 92 valence electrons. The van der Waals surface area contributed by atoms with Gasteiger partial charge in [0.1, 0.15) is 5.82 Å². The van der Waals surface area contributed by atoms with Gasteiger partial charge in [0, 0.05) is 31.2 Å². The van der Waals surface area contributed by atoms with Crippen molar-refractivity contribution in [2.45, 2.75) is 30.9 Å². The highest BCUT2D eigenvalue weighted by atomic mass is 32.2. The smallest absolute Gasteiger partial charge is 0.191 e. The SMILES string of the molecule is CCn1cncc1CSc1nnc(CN)n1C. The van der Waals surface area contributed by atoms with Crippen LogP contribution in [0.15, 0.2) is 17.7 Å². The van der Waals surface area contributed by atoms with Gasteiger partial charge in [-0.25, -0.2) is 4.98 Å². The average Bonchev–Trinajstić information content (AvgIpc) is 2.93. The number of hydrogen-bond donors (Lipinski definition) is 1. The van der Waals surface area contributed by atoms with Crippen LogP contribution in [-0.2, 0) is 25.9 Å². The zero-order valence-electron chi connectivity index (χ0n) is 10.00. The highest BCUT2D eigenvalue weighted by molar-refractivity contribution is 7.98. The van der Waals surface area contributed by atoms with Crippen LogP contribution in [0.5, 0.6) is 0 Å². The van der Waals surface area contributed by atoms with Crippen LogP contribution in [0.3, 0.4) is 0 Å². The lowest BCUT2D eigenvalue weighted by atomic mass is 10.5. The van der Waals surface area contributed by atoms with Crippen molar-refractivity contribution in [1.82, 2.24) is 24.3 Å². The van der Waals surface area contributed by atoms with Gasteiger partial charge >= 0.3 is 0 Å². The normalized spacial score (nSPS) is 11.0. The molecule has 2 heterocycles. The van der Waals surface area contributed by atoms with Gasteiger partial charge in [-0.1, -0.05) is 11.8 Å². The molecular weight excluding hydrogens is 236 g/mol. The van der Waals surface area contributed by atoms with Crippen molar-refractivity contribution in [2.75, 3.05) is 0 Å². The molecule has 7 heteroatoms. The molecule has 2 rings (SSSR count). The highest BCUT2D eigenvalue weighted by Crippen LogP contribution is 2.20. The summed E-state index contributed by atoms with van der Waals surface area (Å²) in [6.07, 6.45) is 3.73. The summed E-state index contributed by atoms with van der Waals surface area (Å²) in [4.78, 5) is 4.14. The van der Waals surface area contributed by atoms with E-state index in [1.54, 1.807) is 11.8 Å². The largest absolute Gasteiger partial charge is 0.334 e. The molecule has 0 aliphatic rings. The first-order valence-electron chi connectivity index (χ1n) is 5.46. The van der Waals surface area contributed by atoms with Gasteiger partial charge in [0.05, 0.1) is 12.9 Å². The Labute approximate surface area is 104 Å². The van der Waals surface area contributed by atoms with Crippen LogP contribution in [0.4, 0.5) is 0 Å². The molecule has 0 bridgehead atoms. The Balaban J connectivity index is 2.05. The summed E-state index contributed by atoms with van der Waals surface area (Å²) in [6.45, 7) is 3.45. The molecule has 0 spiro atoms. The number of aromatic nitrogens is 5. The maximum Gasteiger partial charge on any atom is 0.191 e. The first-order chi connectivity index (χ1) is 8.26. The number of imidazole rings is 1. The second kappa shape index (κ2) is 5.33. The van der Waals surface area contributed by atoms with Crippen LogP contribution in [0.1, 0.15) is 18.4 Å². The zero-order chi connectivity index (χ0) is 12.3. The van der Waals surface area contributed by atoms with E-state index >= 15 is 0 Å². The lowest BCUT2D eigenvalue weighted by molar-refractivity contribution is 0.725. The van der Waals surface area contributed by atoms with E-state index in [0.29, 0.717) is 6.54 Å². The maximum absolute atomic E-state index is 5.55. The highest BCUT2D eigenvalue weighted by Gasteiger charge is 2.09. The summed E-state index contributed by atoms with van der Waals surface area (Å²) in [6, 6.07) is 0. The Morgan fingerprint density at radius 3 is 2.88 bits per heavy atom. The van der Waals surface area contributed by atoms with E-state index in [0.717, 1.165) is 23.3 Å². The molecule has 17 heavy (non-hydrogen) atoms. The molecule has 0 aromatic carbocycles. The van der Waals surface area contributed by atoms with Gasteiger partial charge in [-0.3, -0.25) is 0 Å². The lowest BCUT2D eigenvalue weighted by Gasteiger charge is -2.04. The Hall–Kier alpha value is -1.34. The van der Waals surface area contributed by atoms with Crippen molar-refractivity contribution in [3.8, 4) is 0 Å². The minimum Gasteiger partial charge on any atom is -0.334 e. The van der Waals surface area contributed by atoms with Crippen LogP contribution >= 0.6 is 11.8 Å². The first-order valence-corrected chi connectivity index (χ1v) is 6.45. The van der Waals surface area contributed by atoms with Gasteiger partial charge in [-0.05, 0) is 6.92 Å². The summed E-state index contributed by atoms with van der Waals surface area (Å²) in [5.41, 5.74) is 6.74. The topological polar surface area (TPSA) is 74.6 Å². The fourth-order valence-electron chi connectivity index (χ4n) is 1.54. The van der Waals surface area contributed by atoms with Gasteiger partial charge in [-0.2, -0.15) is 0 Å². The molecule has 2 aromatic heterocycles. The molecular formula is C10H16N6S. The standard InChI is InChI=1S/C10H16N6S/c1-3-16-7-12-5-8(16)6-17-10-14-13-9(4-11)15(10)2/h5,7H,3-4,6,11H2,1-2H3. The van der Waals surface area contributed by atoms with E-state index < -0.39 is 0 Å². The molecule has 0 saturated heterocycles. The van der Waals surface area contributed by atoms with Gasteiger partial charge in [0.25, 0.3) is 0 Å². The predicted octanol–water partition coefficient (Wildman–Crippen LogP) is 0.782. The second-order valence-electron chi connectivity index (χ2n) is 3.62. The van der Waals surface area contributed by atoms with Crippen molar-refractivity contribution in [3.05, 3.63) is 24.0 Å². The molecule has 0 aliphatic carbocycles. The van der Waals surface area contributed by atoms with E-state index in [1.807, 2.05) is 24.1 Å². The second-order valence-corrected chi connectivity index (χ2v) is 4.56. The molecule has 0 radical (unpaired) electrons. The van der Waals surface area contributed by atoms with Crippen LogP contribution in [0.25, 0.3) is 0 Å². The van der Waals surface area contributed by atoms with Crippen molar-refractivity contribution in [2.24, 2.45) is 12.8 Å². The minimum absolute atomic E-state index is 0.414. The quantitative estimate of drug-likeness (QED) is 0.796. The maximum atomic E-state index is 5.55. The van der Waals surface area contributed by atoms with Crippen molar-refractivity contribution >= 4 is 11.8 Å². The minimum atomic E-state index is 0.414. The monoisotopic (exact) mass is 252 g/mol. The number of nitrogens with two attached hydrogens (primary N) is 1. The van der Waals surface area contributed by atoms with Gasteiger partial charge in [0.15, 0.2) is 5.16 Å². The van der Waals surface area contributed by atoms with Gasteiger partial charge in [0.2, 0.25) is 0 Å². The van der Waals surface area contributed by atoms with E-state index in [1.165, 1.54) is 5.69 Å². The summed E-state index contributed by atoms with van der Waals surface area (Å²) in [7, 11) is 1.93. The molecule has 0 atom stereocenters.